The van der Waals surface area contributed by atoms with E-state index in [0.717, 1.165) is 25.2 Å². The summed E-state index contributed by atoms with van der Waals surface area (Å²) in [7, 11) is 0. The Morgan fingerprint density at radius 2 is 2.05 bits per heavy atom. The number of carbonyl (C=O) groups excluding carboxylic acids is 1. The van der Waals surface area contributed by atoms with Gasteiger partial charge in [0, 0.05) is 12.2 Å². The van der Waals surface area contributed by atoms with Crippen LogP contribution in [0.2, 0.25) is 0 Å². The fraction of sp³-hybridized carbons (Fsp3) is 0.750. The quantitative estimate of drug-likeness (QED) is 0.802. The molecule has 0 bridgehead atoms. The molecule has 1 aliphatic rings. The highest BCUT2D eigenvalue weighted by molar-refractivity contribution is 5.89. The van der Waals surface area contributed by atoms with Crippen molar-refractivity contribution >= 4 is 5.78 Å². The molecule has 20 heavy (non-hydrogen) atoms. The van der Waals surface area contributed by atoms with E-state index in [1.54, 1.807) is 0 Å². The first-order chi connectivity index (χ1) is 9.47. The van der Waals surface area contributed by atoms with Crippen molar-refractivity contribution in [1.29, 1.82) is 0 Å². The lowest BCUT2D eigenvalue weighted by molar-refractivity contribution is -0.129. The minimum absolute atomic E-state index is 0.302. The molecule has 0 saturated carbocycles. The van der Waals surface area contributed by atoms with Crippen LogP contribution in [-0.2, 0) is 11.2 Å². The second-order valence-corrected chi connectivity index (χ2v) is 6.30. The number of aromatic nitrogens is 2. The van der Waals surface area contributed by atoms with E-state index in [2.05, 4.69) is 37.7 Å². The van der Waals surface area contributed by atoms with Gasteiger partial charge in [0.1, 0.15) is 0 Å². The molecule has 1 unspecified atom stereocenters. The molecule has 0 spiro atoms. The zero-order valence-electron chi connectivity index (χ0n) is 13.2. The van der Waals surface area contributed by atoms with Crippen LogP contribution in [0.15, 0.2) is 12.3 Å². The van der Waals surface area contributed by atoms with Crippen molar-refractivity contribution in [2.24, 2.45) is 0 Å². The molecular formula is C16H27N3O. The van der Waals surface area contributed by atoms with Gasteiger partial charge in [-0.05, 0) is 59.2 Å². The fourth-order valence-corrected chi connectivity index (χ4v) is 2.92. The van der Waals surface area contributed by atoms with E-state index in [9.17, 15) is 4.79 Å². The first-order valence-corrected chi connectivity index (χ1v) is 7.79. The van der Waals surface area contributed by atoms with Gasteiger partial charge >= 0.3 is 0 Å². The lowest BCUT2D eigenvalue weighted by Crippen LogP contribution is -2.51. The molecule has 0 aromatic carbocycles. The number of ketones is 1. The lowest BCUT2D eigenvalue weighted by atomic mass is 9.88. The zero-order chi connectivity index (χ0) is 14.8. The molecule has 2 rings (SSSR count). The maximum absolute atomic E-state index is 12.7. The molecule has 4 nitrogen and oxygen atoms in total. The first-order valence-electron chi connectivity index (χ1n) is 7.79. The van der Waals surface area contributed by atoms with Crippen LogP contribution in [0.3, 0.4) is 0 Å². The van der Waals surface area contributed by atoms with Gasteiger partial charge in [-0.15, -0.1) is 0 Å². The van der Waals surface area contributed by atoms with E-state index in [4.69, 9.17) is 0 Å². The van der Waals surface area contributed by atoms with Gasteiger partial charge in [0.25, 0.3) is 0 Å². The van der Waals surface area contributed by atoms with Gasteiger partial charge in [0.2, 0.25) is 0 Å². The molecule has 112 valence electrons. The third kappa shape index (κ3) is 2.95. The Kier molecular flexibility index (Phi) is 4.63. The molecule has 1 saturated heterocycles. The van der Waals surface area contributed by atoms with Crippen LogP contribution in [0.5, 0.6) is 0 Å². The topological polar surface area (TPSA) is 38.1 Å². The predicted molar refractivity (Wildman–Crippen MR) is 80.8 cm³/mol. The molecule has 0 amide bonds. The van der Waals surface area contributed by atoms with Gasteiger partial charge in [-0.2, -0.15) is 5.10 Å². The molecular weight excluding hydrogens is 250 g/mol. The summed E-state index contributed by atoms with van der Waals surface area (Å²) in [4.78, 5) is 15.1. The van der Waals surface area contributed by atoms with E-state index < -0.39 is 0 Å². The molecule has 1 atom stereocenters. The van der Waals surface area contributed by atoms with Gasteiger partial charge in [-0.1, -0.05) is 6.92 Å². The maximum Gasteiger partial charge on any atom is 0.158 e. The van der Waals surface area contributed by atoms with Gasteiger partial charge in [-0.3, -0.25) is 14.4 Å². The smallest absolute Gasteiger partial charge is 0.158 e. The summed E-state index contributed by atoms with van der Waals surface area (Å²) in [6, 6.07) is 2.31. The summed E-state index contributed by atoms with van der Waals surface area (Å²) in [5.41, 5.74) is 0.570. The van der Waals surface area contributed by atoms with Crippen molar-refractivity contribution in [1.82, 2.24) is 14.7 Å². The summed E-state index contributed by atoms with van der Waals surface area (Å²) >= 11 is 0. The van der Waals surface area contributed by atoms with Crippen LogP contribution in [0.1, 0.15) is 58.7 Å². The van der Waals surface area contributed by atoms with E-state index >= 15 is 0 Å². The molecule has 2 heterocycles. The zero-order valence-corrected chi connectivity index (χ0v) is 13.2. The summed E-state index contributed by atoms with van der Waals surface area (Å²) in [6.07, 6.45) is 5.71. The van der Waals surface area contributed by atoms with Gasteiger partial charge in [0.05, 0.1) is 17.7 Å². The predicted octanol–water partition coefficient (Wildman–Crippen LogP) is 2.84. The Bertz CT molecular complexity index is 460. The first kappa shape index (κ1) is 15.2. The SMILES string of the molecule is CCC(C)(C(=O)Cc1ccn(C(C)C)n1)N1CCCC1. The van der Waals surface area contributed by atoms with Gasteiger partial charge in [0.15, 0.2) is 5.78 Å². The molecule has 0 radical (unpaired) electrons. The number of hydrogen-bond donors (Lipinski definition) is 0. The monoisotopic (exact) mass is 277 g/mol. The van der Waals surface area contributed by atoms with Crippen molar-refractivity contribution in [3.05, 3.63) is 18.0 Å². The summed E-state index contributed by atoms with van der Waals surface area (Å²) in [5.74, 6) is 0.302. The van der Waals surface area contributed by atoms with E-state index in [1.165, 1.54) is 12.8 Å². The maximum atomic E-state index is 12.7. The van der Waals surface area contributed by atoms with E-state index in [1.807, 2.05) is 16.9 Å². The fourth-order valence-electron chi connectivity index (χ4n) is 2.92. The Hall–Kier alpha value is -1.16. The second kappa shape index (κ2) is 6.08. The molecule has 4 heteroatoms. The number of Topliss-reactive ketones (excluding diaryl/α,β-unsaturated/α-hetero) is 1. The molecule has 1 aromatic heterocycles. The minimum atomic E-state index is -0.321. The average Bonchev–Trinajstić information content (AvgIpc) is 3.08. The highest BCUT2D eigenvalue weighted by Gasteiger charge is 2.38. The molecule has 1 fully saturated rings. The van der Waals surface area contributed by atoms with Crippen LogP contribution < -0.4 is 0 Å². The molecule has 1 aromatic rings. The number of rotatable bonds is 6. The minimum Gasteiger partial charge on any atom is -0.297 e. The van der Waals surface area contributed by atoms with Gasteiger partial charge in [-0.25, -0.2) is 0 Å². The summed E-state index contributed by atoms with van der Waals surface area (Å²) in [6.45, 7) is 10.5. The van der Waals surface area contributed by atoms with Crippen molar-refractivity contribution in [3.8, 4) is 0 Å². The number of nitrogens with zero attached hydrogens (tertiary/aromatic N) is 3. The Labute approximate surface area is 122 Å². The second-order valence-electron chi connectivity index (χ2n) is 6.30. The Morgan fingerprint density at radius 3 is 2.55 bits per heavy atom. The molecule has 1 aliphatic heterocycles. The lowest BCUT2D eigenvalue weighted by Gasteiger charge is -2.36. The van der Waals surface area contributed by atoms with Crippen molar-refractivity contribution < 1.29 is 4.79 Å². The number of hydrogen-bond acceptors (Lipinski definition) is 3. The van der Waals surface area contributed by atoms with E-state index in [0.29, 0.717) is 18.2 Å². The van der Waals surface area contributed by atoms with Crippen LogP contribution >= 0.6 is 0 Å². The highest BCUT2D eigenvalue weighted by atomic mass is 16.1. The standard InChI is InChI=1S/C16H27N3O/c1-5-16(4,18-9-6-7-10-18)15(20)12-14-8-11-19(17-14)13(2)3/h8,11,13H,5-7,9-10,12H2,1-4H3. The largest absolute Gasteiger partial charge is 0.297 e. The molecule has 0 aliphatic carbocycles. The molecule has 0 N–H and O–H groups in total. The van der Waals surface area contributed by atoms with Crippen LogP contribution in [0, 0.1) is 0 Å². The highest BCUT2D eigenvalue weighted by Crippen LogP contribution is 2.26. The Balaban J connectivity index is 2.08. The van der Waals surface area contributed by atoms with Crippen molar-refractivity contribution in [3.63, 3.8) is 0 Å². The number of likely N-dealkylation sites (tertiary alicyclic amines) is 1. The third-order valence-corrected chi connectivity index (χ3v) is 4.63. The van der Waals surface area contributed by atoms with Crippen molar-refractivity contribution in [2.75, 3.05) is 13.1 Å². The van der Waals surface area contributed by atoms with Crippen LogP contribution in [-0.4, -0.2) is 39.1 Å². The number of carbonyl (C=O) groups is 1. The van der Waals surface area contributed by atoms with E-state index in [-0.39, 0.29) is 5.54 Å². The van der Waals surface area contributed by atoms with Crippen LogP contribution in [0.4, 0.5) is 0 Å². The van der Waals surface area contributed by atoms with Gasteiger partial charge < -0.3 is 0 Å². The van der Waals surface area contributed by atoms with Crippen LogP contribution in [0.25, 0.3) is 0 Å². The average molecular weight is 277 g/mol. The normalized spacial score (nSPS) is 19.4. The Morgan fingerprint density at radius 1 is 1.40 bits per heavy atom. The third-order valence-electron chi connectivity index (χ3n) is 4.63. The summed E-state index contributed by atoms with van der Waals surface area (Å²) < 4.78 is 1.92. The summed E-state index contributed by atoms with van der Waals surface area (Å²) in [5, 5.41) is 4.50. The van der Waals surface area contributed by atoms with Crippen molar-refractivity contribution in [2.45, 2.75) is 65.0 Å².